The Bertz CT molecular complexity index is 621. The highest BCUT2D eigenvalue weighted by atomic mass is 35.5. The largest absolute Gasteiger partial charge is 0.324 e. The van der Waals surface area contributed by atoms with E-state index in [0.29, 0.717) is 15.7 Å². The molecule has 106 valence electrons. The molecular formula is C11H9Cl2N3OS3. The molecule has 0 spiro atoms. The van der Waals surface area contributed by atoms with Crippen molar-refractivity contribution >= 4 is 69.7 Å². The summed E-state index contributed by atoms with van der Waals surface area (Å²) in [5.41, 5.74) is 0.506. The van der Waals surface area contributed by atoms with Gasteiger partial charge in [-0.1, -0.05) is 58.1 Å². The van der Waals surface area contributed by atoms with Gasteiger partial charge in [-0.25, -0.2) is 0 Å². The lowest BCUT2D eigenvalue weighted by Crippen LogP contribution is -2.14. The monoisotopic (exact) mass is 365 g/mol. The van der Waals surface area contributed by atoms with Crippen molar-refractivity contribution in [3.05, 3.63) is 28.2 Å². The molecule has 0 radical (unpaired) electrons. The van der Waals surface area contributed by atoms with E-state index in [4.69, 9.17) is 23.2 Å². The lowest BCUT2D eigenvalue weighted by atomic mass is 10.3. The maximum atomic E-state index is 11.8. The highest BCUT2D eigenvalue weighted by Gasteiger charge is 2.10. The Hall–Kier alpha value is -0.470. The van der Waals surface area contributed by atoms with Crippen molar-refractivity contribution in [1.29, 1.82) is 0 Å². The predicted octanol–water partition coefficient (Wildman–Crippen LogP) is 4.30. The zero-order valence-electron chi connectivity index (χ0n) is 10.2. The van der Waals surface area contributed by atoms with Gasteiger partial charge in [-0.3, -0.25) is 4.79 Å². The van der Waals surface area contributed by atoms with Gasteiger partial charge in [0.2, 0.25) is 5.91 Å². The fourth-order valence-electron chi connectivity index (χ4n) is 1.24. The summed E-state index contributed by atoms with van der Waals surface area (Å²) in [6.45, 7) is 0. The summed E-state index contributed by atoms with van der Waals surface area (Å²) in [6, 6.07) is 4.92. The van der Waals surface area contributed by atoms with Gasteiger partial charge in [0, 0.05) is 5.02 Å². The number of carbonyl (C=O) groups excluding carboxylic acids is 1. The smallest absolute Gasteiger partial charge is 0.234 e. The minimum absolute atomic E-state index is 0.167. The van der Waals surface area contributed by atoms with E-state index in [1.165, 1.54) is 34.9 Å². The Morgan fingerprint density at radius 3 is 2.80 bits per heavy atom. The first kappa shape index (κ1) is 15.9. The van der Waals surface area contributed by atoms with Crippen LogP contribution >= 0.6 is 58.1 Å². The Morgan fingerprint density at radius 1 is 1.35 bits per heavy atom. The second kappa shape index (κ2) is 7.51. The van der Waals surface area contributed by atoms with Crippen LogP contribution in [0.15, 0.2) is 26.9 Å². The highest BCUT2D eigenvalue weighted by Crippen LogP contribution is 2.28. The average molecular weight is 366 g/mol. The summed E-state index contributed by atoms with van der Waals surface area (Å²) in [5.74, 6) is 0.0753. The van der Waals surface area contributed by atoms with Crippen LogP contribution in [0.1, 0.15) is 0 Å². The van der Waals surface area contributed by atoms with E-state index in [-0.39, 0.29) is 11.7 Å². The number of thioether (sulfide) groups is 2. The first-order chi connectivity index (χ1) is 9.58. The van der Waals surface area contributed by atoms with Gasteiger partial charge >= 0.3 is 0 Å². The van der Waals surface area contributed by atoms with E-state index in [0.717, 1.165) is 8.68 Å². The number of anilines is 1. The van der Waals surface area contributed by atoms with Gasteiger partial charge in [-0.2, -0.15) is 0 Å². The number of carbonyl (C=O) groups is 1. The molecule has 0 atom stereocenters. The minimum Gasteiger partial charge on any atom is -0.324 e. The van der Waals surface area contributed by atoms with Gasteiger partial charge in [0.05, 0.1) is 16.5 Å². The third-order valence-corrected chi connectivity index (χ3v) is 5.69. The number of nitrogens with zero attached hydrogens (tertiary/aromatic N) is 2. The van der Waals surface area contributed by atoms with Crippen molar-refractivity contribution in [2.45, 2.75) is 8.68 Å². The van der Waals surface area contributed by atoms with Crippen LogP contribution in [-0.4, -0.2) is 28.1 Å². The summed E-state index contributed by atoms with van der Waals surface area (Å²) < 4.78 is 1.65. The first-order valence-electron chi connectivity index (χ1n) is 5.33. The topological polar surface area (TPSA) is 54.9 Å². The number of nitrogens with one attached hydrogen (secondary N) is 1. The van der Waals surface area contributed by atoms with Gasteiger partial charge in [0.25, 0.3) is 0 Å². The van der Waals surface area contributed by atoms with E-state index < -0.39 is 0 Å². The van der Waals surface area contributed by atoms with E-state index in [9.17, 15) is 4.79 Å². The first-order valence-corrected chi connectivity index (χ1v) is 9.12. The molecule has 4 nitrogen and oxygen atoms in total. The van der Waals surface area contributed by atoms with Crippen LogP contribution in [0.2, 0.25) is 10.0 Å². The average Bonchev–Trinajstić information content (AvgIpc) is 2.89. The molecule has 0 saturated carbocycles. The standard InChI is InChI=1S/C11H9Cl2N3OS3/c1-18-10-15-16-11(20-10)19-5-9(17)14-8-4-6(12)2-3-7(8)13/h2-4H,5H2,1H3,(H,14,17). The third kappa shape index (κ3) is 4.53. The molecular weight excluding hydrogens is 357 g/mol. The third-order valence-electron chi connectivity index (χ3n) is 2.09. The number of aromatic nitrogens is 2. The molecule has 0 aliphatic carbocycles. The molecule has 1 aromatic heterocycles. The number of hydrogen-bond donors (Lipinski definition) is 1. The maximum absolute atomic E-state index is 11.8. The Labute approximate surface area is 138 Å². The lowest BCUT2D eigenvalue weighted by Gasteiger charge is -2.06. The molecule has 0 aliphatic rings. The van der Waals surface area contributed by atoms with Crippen LogP contribution in [0.5, 0.6) is 0 Å². The van der Waals surface area contributed by atoms with Crippen LogP contribution < -0.4 is 5.32 Å². The predicted molar refractivity (Wildman–Crippen MR) is 87.5 cm³/mol. The van der Waals surface area contributed by atoms with Crippen LogP contribution in [-0.2, 0) is 4.79 Å². The molecule has 0 aliphatic heterocycles. The summed E-state index contributed by atoms with van der Waals surface area (Å²) in [7, 11) is 0. The van der Waals surface area contributed by atoms with E-state index in [2.05, 4.69) is 15.5 Å². The van der Waals surface area contributed by atoms with Crippen LogP contribution in [0, 0.1) is 0 Å². The van der Waals surface area contributed by atoms with Crippen LogP contribution in [0.3, 0.4) is 0 Å². The molecule has 0 unspecified atom stereocenters. The zero-order valence-corrected chi connectivity index (χ0v) is 14.2. The quantitative estimate of drug-likeness (QED) is 0.800. The second-order valence-corrected chi connectivity index (χ2v) is 7.60. The van der Waals surface area contributed by atoms with Crippen molar-refractivity contribution in [2.24, 2.45) is 0 Å². The number of hydrogen-bond acceptors (Lipinski definition) is 6. The molecule has 0 bridgehead atoms. The molecule has 2 rings (SSSR count). The molecule has 0 saturated heterocycles. The van der Waals surface area contributed by atoms with Crippen LogP contribution in [0.4, 0.5) is 5.69 Å². The van der Waals surface area contributed by atoms with E-state index >= 15 is 0 Å². The van der Waals surface area contributed by atoms with Gasteiger partial charge in [0.15, 0.2) is 8.68 Å². The number of rotatable bonds is 5. The van der Waals surface area contributed by atoms with Gasteiger partial charge in [-0.05, 0) is 24.5 Å². The van der Waals surface area contributed by atoms with Gasteiger partial charge in [-0.15, -0.1) is 10.2 Å². The fourth-order valence-corrected chi connectivity index (χ4v) is 3.82. The molecule has 20 heavy (non-hydrogen) atoms. The molecule has 2 aromatic rings. The molecule has 9 heteroatoms. The molecule has 1 N–H and O–H groups in total. The summed E-state index contributed by atoms with van der Waals surface area (Å²) in [4.78, 5) is 11.8. The van der Waals surface area contributed by atoms with E-state index in [1.807, 2.05) is 6.26 Å². The van der Waals surface area contributed by atoms with Crippen LogP contribution in [0.25, 0.3) is 0 Å². The maximum Gasteiger partial charge on any atom is 0.234 e. The zero-order chi connectivity index (χ0) is 14.5. The van der Waals surface area contributed by atoms with Crippen molar-refractivity contribution in [3.63, 3.8) is 0 Å². The summed E-state index contributed by atoms with van der Waals surface area (Å²) in [6.07, 6.45) is 1.93. The number of benzene rings is 1. The minimum atomic E-state index is -0.167. The Kier molecular flexibility index (Phi) is 5.98. The van der Waals surface area contributed by atoms with Crippen molar-refractivity contribution in [2.75, 3.05) is 17.3 Å². The Morgan fingerprint density at radius 2 is 2.10 bits per heavy atom. The number of halogens is 2. The van der Waals surface area contributed by atoms with E-state index in [1.54, 1.807) is 18.2 Å². The SMILES string of the molecule is CSc1nnc(SCC(=O)Nc2cc(Cl)ccc2Cl)s1. The molecule has 1 heterocycles. The molecule has 0 fully saturated rings. The van der Waals surface area contributed by atoms with Crippen molar-refractivity contribution in [3.8, 4) is 0 Å². The van der Waals surface area contributed by atoms with Gasteiger partial charge < -0.3 is 5.32 Å². The van der Waals surface area contributed by atoms with Gasteiger partial charge in [0.1, 0.15) is 0 Å². The summed E-state index contributed by atoms with van der Waals surface area (Å²) in [5, 5.41) is 11.6. The lowest BCUT2D eigenvalue weighted by molar-refractivity contribution is -0.113. The normalized spacial score (nSPS) is 10.6. The second-order valence-electron chi connectivity index (χ2n) is 3.50. The molecule has 1 amide bonds. The highest BCUT2D eigenvalue weighted by molar-refractivity contribution is 8.03. The summed E-state index contributed by atoms with van der Waals surface area (Å²) >= 11 is 16.2. The Balaban J connectivity index is 1.90. The van der Waals surface area contributed by atoms with Crippen molar-refractivity contribution in [1.82, 2.24) is 10.2 Å². The van der Waals surface area contributed by atoms with Crippen molar-refractivity contribution < 1.29 is 4.79 Å². The number of amides is 1. The fraction of sp³-hybridized carbons (Fsp3) is 0.182. The molecule has 1 aromatic carbocycles.